The van der Waals surface area contributed by atoms with Gasteiger partial charge in [-0.3, -0.25) is 9.59 Å². The van der Waals surface area contributed by atoms with Crippen LogP contribution in [-0.2, 0) is 24.3 Å². The molecule has 1 aromatic rings. The zero-order chi connectivity index (χ0) is 16.6. The van der Waals surface area contributed by atoms with Crippen LogP contribution in [0.4, 0.5) is 5.82 Å². The van der Waals surface area contributed by atoms with Gasteiger partial charge in [-0.2, -0.15) is 4.31 Å². The quantitative estimate of drug-likeness (QED) is 0.727. The number of amides is 2. The predicted octanol–water partition coefficient (Wildman–Crippen LogP) is 0.144. The van der Waals surface area contributed by atoms with Crippen LogP contribution in [0.2, 0.25) is 0 Å². The van der Waals surface area contributed by atoms with Crippen molar-refractivity contribution in [3.8, 4) is 0 Å². The molecule has 0 N–H and O–H groups in total. The Labute approximate surface area is 134 Å². The summed E-state index contributed by atoms with van der Waals surface area (Å²) >= 11 is 0. The minimum absolute atomic E-state index is 0.0362. The third kappa shape index (κ3) is 2.87. The van der Waals surface area contributed by atoms with Gasteiger partial charge in [0.05, 0.1) is 13.2 Å². The van der Waals surface area contributed by atoms with Gasteiger partial charge in [0.15, 0.2) is 0 Å². The molecular formula is C14H17N3O5S. The van der Waals surface area contributed by atoms with Crippen LogP contribution in [0.1, 0.15) is 19.8 Å². The molecule has 1 aromatic heterocycles. The third-order valence-electron chi connectivity index (χ3n) is 3.91. The van der Waals surface area contributed by atoms with Gasteiger partial charge in [-0.15, -0.1) is 0 Å². The van der Waals surface area contributed by atoms with Crippen molar-refractivity contribution < 1.29 is 22.7 Å². The van der Waals surface area contributed by atoms with Crippen LogP contribution < -0.4 is 4.90 Å². The SMILES string of the molecule is CC1COCCN1S(=O)(=O)c1ccc(N2C(=O)CCC2=O)nc1. The first-order valence-corrected chi connectivity index (χ1v) is 8.76. The summed E-state index contributed by atoms with van der Waals surface area (Å²) in [5, 5.41) is 0. The molecule has 0 spiro atoms. The van der Waals surface area contributed by atoms with E-state index in [1.807, 2.05) is 0 Å². The second kappa shape index (κ2) is 5.99. The Bertz CT molecular complexity index is 715. The van der Waals surface area contributed by atoms with Crippen molar-refractivity contribution in [1.29, 1.82) is 0 Å². The molecule has 0 bridgehead atoms. The first-order chi connectivity index (χ1) is 10.9. The largest absolute Gasteiger partial charge is 0.378 e. The molecule has 2 aliphatic heterocycles. The number of morpholine rings is 1. The number of carbonyl (C=O) groups excluding carboxylic acids is 2. The zero-order valence-corrected chi connectivity index (χ0v) is 13.5. The summed E-state index contributed by atoms with van der Waals surface area (Å²) < 4.78 is 31.9. The van der Waals surface area contributed by atoms with E-state index >= 15 is 0 Å². The smallest absolute Gasteiger partial charge is 0.245 e. The first-order valence-electron chi connectivity index (χ1n) is 7.32. The number of aromatic nitrogens is 1. The normalized spacial score (nSPS) is 23.5. The molecule has 0 saturated carbocycles. The van der Waals surface area contributed by atoms with Crippen LogP contribution in [0.5, 0.6) is 0 Å². The number of pyridine rings is 1. The fraction of sp³-hybridized carbons (Fsp3) is 0.500. The van der Waals surface area contributed by atoms with Crippen LogP contribution in [-0.4, -0.2) is 55.3 Å². The molecule has 3 heterocycles. The fourth-order valence-corrected chi connectivity index (χ4v) is 4.24. The number of hydrogen-bond donors (Lipinski definition) is 0. The minimum atomic E-state index is -3.68. The molecule has 8 nitrogen and oxygen atoms in total. The highest BCUT2D eigenvalue weighted by Crippen LogP contribution is 2.24. The van der Waals surface area contributed by atoms with E-state index in [2.05, 4.69) is 4.98 Å². The molecule has 23 heavy (non-hydrogen) atoms. The Kier molecular flexibility index (Phi) is 4.17. The predicted molar refractivity (Wildman–Crippen MR) is 80.1 cm³/mol. The van der Waals surface area contributed by atoms with Crippen molar-refractivity contribution in [2.45, 2.75) is 30.7 Å². The van der Waals surface area contributed by atoms with Gasteiger partial charge in [-0.1, -0.05) is 0 Å². The van der Waals surface area contributed by atoms with Crippen LogP contribution in [0.3, 0.4) is 0 Å². The van der Waals surface area contributed by atoms with E-state index < -0.39 is 10.0 Å². The van der Waals surface area contributed by atoms with Gasteiger partial charge < -0.3 is 4.74 Å². The van der Waals surface area contributed by atoms with Crippen molar-refractivity contribution >= 4 is 27.7 Å². The number of nitrogens with zero attached hydrogens (tertiary/aromatic N) is 3. The number of imide groups is 1. The highest BCUT2D eigenvalue weighted by Gasteiger charge is 2.34. The Morgan fingerprint density at radius 1 is 1.22 bits per heavy atom. The van der Waals surface area contributed by atoms with E-state index in [1.165, 1.54) is 22.6 Å². The highest BCUT2D eigenvalue weighted by molar-refractivity contribution is 7.89. The molecule has 1 unspecified atom stereocenters. The summed E-state index contributed by atoms with van der Waals surface area (Å²) in [7, 11) is -3.68. The summed E-state index contributed by atoms with van der Waals surface area (Å²) in [6.07, 6.45) is 1.50. The van der Waals surface area contributed by atoms with Crippen LogP contribution in [0, 0.1) is 0 Å². The number of ether oxygens (including phenoxy) is 1. The van der Waals surface area contributed by atoms with Crippen LogP contribution in [0.15, 0.2) is 23.2 Å². The second-order valence-corrected chi connectivity index (χ2v) is 7.41. The Balaban J connectivity index is 1.87. The molecule has 2 saturated heterocycles. The van der Waals surface area contributed by atoms with Gasteiger partial charge in [0.2, 0.25) is 21.8 Å². The van der Waals surface area contributed by atoms with Gasteiger partial charge in [-0.05, 0) is 19.1 Å². The number of anilines is 1. The van der Waals surface area contributed by atoms with E-state index in [0.29, 0.717) is 13.2 Å². The molecule has 3 rings (SSSR count). The fourth-order valence-electron chi connectivity index (χ4n) is 2.69. The van der Waals surface area contributed by atoms with Crippen molar-refractivity contribution in [2.75, 3.05) is 24.7 Å². The summed E-state index contributed by atoms with van der Waals surface area (Å²) in [5.74, 6) is -0.480. The number of hydrogen-bond acceptors (Lipinski definition) is 6. The number of rotatable bonds is 3. The maximum absolute atomic E-state index is 12.6. The Hall–Kier alpha value is -1.84. The minimum Gasteiger partial charge on any atom is -0.378 e. The summed E-state index contributed by atoms with van der Waals surface area (Å²) in [5.41, 5.74) is 0. The van der Waals surface area contributed by atoms with Crippen molar-refractivity contribution in [3.63, 3.8) is 0 Å². The molecule has 0 aliphatic carbocycles. The topological polar surface area (TPSA) is 96.9 Å². The summed E-state index contributed by atoms with van der Waals surface area (Å²) in [4.78, 5) is 28.4. The Morgan fingerprint density at radius 3 is 2.48 bits per heavy atom. The molecule has 2 amide bonds. The highest BCUT2D eigenvalue weighted by atomic mass is 32.2. The van der Waals surface area contributed by atoms with Gasteiger partial charge in [-0.25, -0.2) is 18.3 Å². The van der Waals surface area contributed by atoms with Crippen LogP contribution in [0.25, 0.3) is 0 Å². The molecule has 0 radical (unpaired) electrons. The number of carbonyl (C=O) groups is 2. The average molecular weight is 339 g/mol. The molecule has 2 fully saturated rings. The lowest BCUT2D eigenvalue weighted by Gasteiger charge is -2.32. The lowest BCUT2D eigenvalue weighted by Crippen LogP contribution is -2.46. The van der Waals surface area contributed by atoms with Gasteiger partial charge in [0.1, 0.15) is 10.7 Å². The molecule has 9 heteroatoms. The Morgan fingerprint density at radius 2 is 1.91 bits per heavy atom. The van der Waals surface area contributed by atoms with Crippen molar-refractivity contribution in [1.82, 2.24) is 9.29 Å². The van der Waals surface area contributed by atoms with E-state index in [4.69, 9.17) is 4.74 Å². The lowest BCUT2D eigenvalue weighted by molar-refractivity contribution is -0.121. The van der Waals surface area contributed by atoms with Crippen molar-refractivity contribution in [2.24, 2.45) is 0 Å². The maximum Gasteiger partial charge on any atom is 0.245 e. The van der Waals surface area contributed by atoms with Gasteiger partial charge in [0, 0.05) is 31.6 Å². The van der Waals surface area contributed by atoms with E-state index in [9.17, 15) is 18.0 Å². The van der Waals surface area contributed by atoms with E-state index in [1.54, 1.807) is 6.92 Å². The zero-order valence-electron chi connectivity index (χ0n) is 12.6. The maximum atomic E-state index is 12.6. The average Bonchev–Trinajstić information content (AvgIpc) is 2.86. The van der Waals surface area contributed by atoms with Gasteiger partial charge in [0.25, 0.3) is 0 Å². The van der Waals surface area contributed by atoms with E-state index in [-0.39, 0.29) is 48.0 Å². The first kappa shape index (κ1) is 16.0. The molecule has 2 aliphatic rings. The lowest BCUT2D eigenvalue weighted by atomic mass is 10.3. The molecule has 0 aromatic carbocycles. The molecular weight excluding hydrogens is 322 g/mol. The van der Waals surface area contributed by atoms with Crippen molar-refractivity contribution in [3.05, 3.63) is 18.3 Å². The van der Waals surface area contributed by atoms with Crippen LogP contribution >= 0.6 is 0 Å². The molecule has 124 valence electrons. The monoisotopic (exact) mass is 339 g/mol. The van der Waals surface area contributed by atoms with Gasteiger partial charge >= 0.3 is 0 Å². The number of sulfonamides is 1. The van der Waals surface area contributed by atoms with E-state index in [0.717, 1.165) is 4.90 Å². The summed E-state index contributed by atoms with van der Waals surface area (Å²) in [6.45, 7) is 2.77. The standard InChI is InChI=1S/C14H17N3O5S/c1-10-9-22-7-6-16(10)23(20,21)11-2-3-12(15-8-11)17-13(18)4-5-14(17)19/h2-3,8,10H,4-7,9H2,1H3. The summed E-state index contributed by atoms with van der Waals surface area (Å²) in [6, 6.07) is 2.51. The third-order valence-corrected chi connectivity index (χ3v) is 5.91. The second-order valence-electron chi connectivity index (χ2n) is 5.51. The molecule has 1 atom stereocenters.